The normalized spacial score (nSPS) is 11.4. The Morgan fingerprint density at radius 2 is 1.57 bits per heavy atom. The Bertz CT molecular complexity index is 1140. The third-order valence-electron chi connectivity index (χ3n) is 5.08. The van der Waals surface area contributed by atoms with Gasteiger partial charge in [0.1, 0.15) is 12.1 Å². The van der Waals surface area contributed by atoms with Crippen LogP contribution in [0.4, 0.5) is 10.5 Å². The number of hydrogen-bond acceptors (Lipinski definition) is 7. The number of anilines is 1. The van der Waals surface area contributed by atoms with Crippen LogP contribution in [-0.2, 0) is 42.2 Å². The van der Waals surface area contributed by atoms with Crippen LogP contribution in [0.25, 0.3) is 0 Å². The van der Waals surface area contributed by atoms with Gasteiger partial charge in [0.05, 0.1) is 12.8 Å². The first-order valence-electron chi connectivity index (χ1n) is 11.9. The third-order valence-corrected chi connectivity index (χ3v) is 6.42. The number of aryl methyl sites for hydroxylation is 1. The molecule has 10 nitrogen and oxygen atoms in total. The second-order valence-corrected chi connectivity index (χ2v) is 10.9. The Kier molecular flexibility index (Phi) is 10.9. The fourth-order valence-corrected chi connectivity index (χ4v) is 4.32. The van der Waals surface area contributed by atoms with Gasteiger partial charge in [-0.05, 0) is 63.3 Å². The molecular formula is C26H35N3O7S. The van der Waals surface area contributed by atoms with Gasteiger partial charge in [-0.25, -0.2) is 13.8 Å². The first kappa shape index (κ1) is 29.6. The molecule has 0 unspecified atom stereocenters. The number of amides is 2. The van der Waals surface area contributed by atoms with Crippen LogP contribution in [0, 0.1) is 0 Å². The zero-order valence-electron chi connectivity index (χ0n) is 21.7. The standard InChI is InChI=1S/C26H35N3O7S/c1-26(2,3)36-25(32)28-37(33,34)29(19-24(31)35-4)22-16-14-21(15-17-22)18-27-23(30)13-9-8-12-20-10-6-5-7-11-20/h5-7,10-11,14-17H,8-9,12-13,18-19H2,1-4H3,(H,27,30)(H,28,32). The van der Waals surface area contributed by atoms with Crippen molar-refractivity contribution in [3.8, 4) is 0 Å². The Hall–Kier alpha value is -3.60. The van der Waals surface area contributed by atoms with Gasteiger partial charge in [0, 0.05) is 13.0 Å². The summed E-state index contributed by atoms with van der Waals surface area (Å²) in [4.78, 5) is 36.1. The van der Waals surface area contributed by atoms with Gasteiger partial charge >= 0.3 is 22.3 Å². The van der Waals surface area contributed by atoms with Gasteiger partial charge in [-0.1, -0.05) is 42.5 Å². The van der Waals surface area contributed by atoms with Crippen molar-refractivity contribution < 1.29 is 32.3 Å². The molecule has 0 fully saturated rings. The third kappa shape index (κ3) is 10.9. The second kappa shape index (κ2) is 13.6. The molecule has 2 aromatic carbocycles. The van der Waals surface area contributed by atoms with E-state index >= 15 is 0 Å². The average molecular weight is 534 g/mol. The Labute approximate surface area is 218 Å². The molecule has 0 atom stereocenters. The van der Waals surface area contributed by atoms with Crippen LogP contribution in [0.3, 0.4) is 0 Å². The molecule has 2 amide bonds. The summed E-state index contributed by atoms with van der Waals surface area (Å²) in [5.41, 5.74) is 1.18. The van der Waals surface area contributed by atoms with Crippen molar-refractivity contribution in [1.82, 2.24) is 10.0 Å². The van der Waals surface area contributed by atoms with Crippen LogP contribution < -0.4 is 14.3 Å². The monoisotopic (exact) mass is 533 g/mol. The summed E-state index contributed by atoms with van der Waals surface area (Å²) in [7, 11) is -3.36. The number of unbranched alkanes of at least 4 members (excludes halogenated alkanes) is 1. The molecule has 37 heavy (non-hydrogen) atoms. The van der Waals surface area contributed by atoms with E-state index in [1.54, 1.807) is 37.6 Å². The maximum atomic E-state index is 12.8. The lowest BCUT2D eigenvalue weighted by atomic mass is 10.1. The van der Waals surface area contributed by atoms with Crippen LogP contribution in [0.15, 0.2) is 54.6 Å². The molecule has 0 saturated heterocycles. The lowest BCUT2D eigenvalue weighted by Crippen LogP contribution is -2.47. The van der Waals surface area contributed by atoms with Crippen molar-refractivity contribution in [2.24, 2.45) is 0 Å². The van der Waals surface area contributed by atoms with Crippen LogP contribution >= 0.6 is 0 Å². The van der Waals surface area contributed by atoms with Crippen molar-refractivity contribution in [2.45, 2.75) is 58.6 Å². The molecular weight excluding hydrogens is 498 g/mol. The molecule has 0 aliphatic carbocycles. The van der Waals surface area contributed by atoms with E-state index in [2.05, 4.69) is 22.2 Å². The van der Waals surface area contributed by atoms with Crippen molar-refractivity contribution >= 4 is 33.9 Å². The Morgan fingerprint density at radius 1 is 0.919 bits per heavy atom. The van der Waals surface area contributed by atoms with E-state index in [1.165, 1.54) is 17.7 Å². The largest absolute Gasteiger partial charge is 0.468 e. The molecule has 2 aromatic rings. The summed E-state index contributed by atoms with van der Waals surface area (Å²) < 4.78 is 37.8. The highest BCUT2D eigenvalue weighted by atomic mass is 32.2. The lowest BCUT2D eigenvalue weighted by Gasteiger charge is -2.25. The molecule has 0 aliphatic rings. The van der Waals surface area contributed by atoms with Crippen LogP contribution in [0.5, 0.6) is 0 Å². The van der Waals surface area contributed by atoms with E-state index in [0.717, 1.165) is 31.9 Å². The quantitative estimate of drug-likeness (QED) is 0.315. The molecule has 0 spiro atoms. The topological polar surface area (TPSA) is 131 Å². The van der Waals surface area contributed by atoms with Gasteiger partial charge in [-0.15, -0.1) is 0 Å². The minimum atomic E-state index is -4.49. The number of ether oxygens (including phenoxy) is 2. The summed E-state index contributed by atoms with van der Waals surface area (Å²) in [6.45, 7) is 4.38. The summed E-state index contributed by atoms with van der Waals surface area (Å²) in [6, 6.07) is 16.3. The second-order valence-electron chi connectivity index (χ2n) is 9.33. The minimum Gasteiger partial charge on any atom is -0.468 e. The highest BCUT2D eigenvalue weighted by Gasteiger charge is 2.29. The predicted molar refractivity (Wildman–Crippen MR) is 140 cm³/mol. The van der Waals surface area contributed by atoms with E-state index in [1.807, 2.05) is 18.2 Å². The first-order valence-corrected chi connectivity index (χ1v) is 13.3. The number of rotatable bonds is 12. The molecule has 0 saturated carbocycles. The molecule has 0 radical (unpaired) electrons. The molecule has 202 valence electrons. The minimum absolute atomic E-state index is 0.0754. The summed E-state index contributed by atoms with van der Waals surface area (Å²) >= 11 is 0. The Morgan fingerprint density at radius 3 is 2.16 bits per heavy atom. The SMILES string of the molecule is COC(=O)CN(c1ccc(CNC(=O)CCCCc2ccccc2)cc1)S(=O)(=O)NC(=O)OC(C)(C)C. The molecule has 0 bridgehead atoms. The van der Waals surface area contributed by atoms with Gasteiger partial charge in [0.25, 0.3) is 0 Å². The zero-order valence-corrected chi connectivity index (χ0v) is 22.5. The van der Waals surface area contributed by atoms with E-state index in [9.17, 15) is 22.8 Å². The lowest BCUT2D eigenvalue weighted by molar-refractivity contribution is -0.138. The van der Waals surface area contributed by atoms with Crippen molar-refractivity contribution in [3.63, 3.8) is 0 Å². The van der Waals surface area contributed by atoms with Gasteiger partial charge < -0.3 is 14.8 Å². The van der Waals surface area contributed by atoms with Gasteiger partial charge in [-0.2, -0.15) is 8.42 Å². The summed E-state index contributed by atoms with van der Waals surface area (Å²) in [5, 5.41) is 2.85. The Balaban J connectivity index is 1.95. The van der Waals surface area contributed by atoms with Crippen LogP contribution in [0.2, 0.25) is 0 Å². The zero-order chi connectivity index (χ0) is 27.5. The average Bonchev–Trinajstić information content (AvgIpc) is 2.83. The number of nitrogens with one attached hydrogen (secondary N) is 2. The van der Waals surface area contributed by atoms with Crippen LogP contribution in [-0.4, -0.2) is 45.6 Å². The van der Waals surface area contributed by atoms with E-state index in [0.29, 0.717) is 10.7 Å². The predicted octanol–water partition coefficient (Wildman–Crippen LogP) is 3.46. The molecule has 0 aromatic heterocycles. The first-order chi connectivity index (χ1) is 17.4. The van der Waals surface area contributed by atoms with E-state index in [4.69, 9.17) is 4.74 Å². The number of hydrogen-bond donors (Lipinski definition) is 2. The van der Waals surface area contributed by atoms with E-state index < -0.39 is 34.4 Å². The van der Waals surface area contributed by atoms with Crippen molar-refractivity contribution in [3.05, 3.63) is 65.7 Å². The van der Waals surface area contributed by atoms with Gasteiger partial charge in [0.2, 0.25) is 5.91 Å². The van der Waals surface area contributed by atoms with Crippen molar-refractivity contribution in [1.29, 1.82) is 0 Å². The fraction of sp³-hybridized carbons (Fsp3) is 0.423. The fourth-order valence-electron chi connectivity index (χ4n) is 3.28. The van der Waals surface area contributed by atoms with Gasteiger partial charge in [-0.3, -0.25) is 9.59 Å². The number of methoxy groups -OCH3 is 1. The molecule has 0 heterocycles. The molecule has 2 N–H and O–H groups in total. The maximum absolute atomic E-state index is 12.8. The number of carbonyl (C=O) groups excluding carboxylic acids is 3. The highest BCUT2D eigenvalue weighted by molar-refractivity contribution is 7.91. The molecule has 2 rings (SSSR count). The number of nitrogens with zero attached hydrogens (tertiary/aromatic N) is 1. The van der Waals surface area contributed by atoms with Gasteiger partial charge in [0.15, 0.2) is 0 Å². The van der Waals surface area contributed by atoms with Crippen molar-refractivity contribution in [2.75, 3.05) is 18.0 Å². The number of esters is 1. The van der Waals surface area contributed by atoms with Crippen LogP contribution in [0.1, 0.15) is 51.2 Å². The number of benzene rings is 2. The smallest absolute Gasteiger partial charge is 0.422 e. The summed E-state index contributed by atoms with van der Waals surface area (Å²) in [6.07, 6.45) is 1.83. The van der Waals surface area contributed by atoms with E-state index in [-0.39, 0.29) is 18.1 Å². The number of carbonyl (C=O) groups is 3. The highest BCUT2D eigenvalue weighted by Crippen LogP contribution is 2.19. The molecule has 11 heteroatoms. The maximum Gasteiger partial charge on any atom is 0.422 e. The summed E-state index contributed by atoms with van der Waals surface area (Å²) in [5.74, 6) is -0.897. The molecule has 0 aliphatic heterocycles.